The molecule has 2 fully saturated rings. The maximum atomic E-state index is 10.9. The Labute approximate surface area is 125 Å². The predicted octanol–water partition coefficient (Wildman–Crippen LogP) is 3.98. The molecule has 2 aromatic rings. The van der Waals surface area contributed by atoms with Crippen LogP contribution in [0.25, 0.3) is 10.1 Å². The molecular weight excluding hydrogens is 263 g/mol. The van der Waals surface area contributed by atoms with Gasteiger partial charge in [-0.15, -0.1) is 11.3 Å². The molecule has 2 unspecified atom stereocenters. The molecule has 2 aliphatic rings. The minimum atomic E-state index is -0.391. The molecule has 20 heavy (non-hydrogen) atoms. The third-order valence-corrected chi connectivity index (χ3v) is 6.48. The van der Waals surface area contributed by atoms with Crippen LogP contribution in [0.4, 0.5) is 0 Å². The maximum Gasteiger partial charge on any atom is 0.173 e. The highest BCUT2D eigenvalue weighted by molar-refractivity contribution is 7.17. The second-order valence-corrected chi connectivity index (χ2v) is 7.86. The molecule has 1 N–H and O–H groups in total. The van der Waals surface area contributed by atoms with Gasteiger partial charge in [0.2, 0.25) is 0 Å². The first kappa shape index (κ1) is 12.9. The number of thiophene rings is 1. The van der Waals surface area contributed by atoms with Gasteiger partial charge in [0.1, 0.15) is 0 Å². The van der Waals surface area contributed by atoms with Crippen LogP contribution in [0.1, 0.15) is 50.5 Å². The minimum absolute atomic E-state index is 0.236. The molecule has 3 heteroatoms. The largest absolute Gasteiger partial charge is 0.399 e. The lowest BCUT2D eigenvalue weighted by atomic mass is 9.36. The molecule has 3 heterocycles. The van der Waals surface area contributed by atoms with Gasteiger partial charge in [-0.3, -0.25) is 0 Å². The van der Waals surface area contributed by atoms with Crippen molar-refractivity contribution in [1.82, 2.24) is 0 Å². The topological polar surface area (TPSA) is 20.2 Å². The molecule has 4 rings (SSSR count). The van der Waals surface area contributed by atoms with E-state index in [1.54, 1.807) is 0 Å². The summed E-state index contributed by atoms with van der Waals surface area (Å²) >= 11 is 1.82. The Morgan fingerprint density at radius 3 is 2.75 bits per heavy atom. The van der Waals surface area contributed by atoms with Crippen LogP contribution in [0, 0.1) is 0 Å². The van der Waals surface area contributed by atoms with E-state index in [4.69, 9.17) is 0 Å². The molecule has 0 saturated carbocycles. The number of fused-ring (bicyclic) bond motifs is 3. The summed E-state index contributed by atoms with van der Waals surface area (Å²) < 4.78 is 1.38. The first-order chi connectivity index (χ1) is 9.69. The average Bonchev–Trinajstić information content (AvgIpc) is 2.86. The van der Waals surface area contributed by atoms with E-state index in [1.807, 2.05) is 11.3 Å². The highest BCUT2D eigenvalue weighted by Gasteiger charge is 2.47. The standard InChI is InChI=1S/C17H21BOS/c19-17-9-2-1-7-16(18-17,8-3-10-17)14-4-5-15-13(12-14)6-11-20-15/h4-6,11-12,18-19H,1-3,7-10H2. The molecule has 2 atom stereocenters. The van der Waals surface area contributed by atoms with Crippen molar-refractivity contribution in [3.63, 3.8) is 0 Å². The van der Waals surface area contributed by atoms with Crippen LogP contribution < -0.4 is 0 Å². The molecule has 1 aromatic heterocycles. The first-order valence-electron chi connectivity index (χ1n) is 7.89. The Morgan fingerprint density at radius 2 is 1.80 bits per heavy atom. The number of aliphatic hydroxyl groups is 1. The van der Waals surface area contributed by atoms with Crippen LogP contribution in [0.5, 0.6) is 0 Å². The Bertz CT molecular complexity index is 637. The van der Waals surface area contributed by atoms with Gasteiger partial charge >= 0.3 is 0 Å². The van der Waals surface area contributed by atoms with Crippen molar-refractivity contribution in [3.05, 3.63) is 35.2 Å². The molecule has 104 valence electrons. The molecule has 1 aromatic carbocycles. The van der Waals surface area contributed by atoms with Gasteiger partial charge in [0.05, 0.1) is 0 Å². The Hall–Kier alpha value is -0.795. The van der Waals surface area contributed by atoms with Gasteiger partial charge < -0.3 is 5.11 Å². The zero-order valence-corrected chi connectivity index (χ0v) is 12.7. The normalized spacial score (nSPS) is 33.6. The summed E-state index contributed by atoms with van der Waals surface area (Å²) in [7, 11) is 0.982. The average molecular weight is 284 g/mol. The SMILES string of the molecule is OC12BC(c3ccc4sccc4c3)(CCCC1)CCC2. The highest BCUT2D eigenvalue weighted by Crippen LogP contribution is 2.46. The summed E-state index contributed by atoms with van der Waals surface area (Å²) in [5.74, 6) is 0. The summed E-state index contributed by atoms with van der Waals surface area (Å²) in [5, 5.41) is 14.7. The summed E-state index contributed by atoms with van der Waals surface area (Å²) in [6.45, 7) is 0. The lowest BCUT2D eigenvalue weighted by Gasteiger charge is -2.43. The Balaban J connectivity index is 1.80. The first-order valence-corrected chi connectivity index (χ1v) is 8.77. The number of rotatable bonds is 1. The fraction of sp³-hybridized carbons (Fsp3) is 0.529. The smallest absolute Gasteiger partial charge is 0.173 e. The van der Waals surface area contributed by atoms with E-state index in [9.17, 15) is 5.11 Å². The molecule has 0 aliphatic carbocycles. The van der Waals surface area contributed by atoms with Gasteiger partial charge in [0, 0.05) is 10.2 Å². The number of hydrogen-bond donors (Lipinski definition) is 1. The second kappa shape index (κ2) is 4.61. The monoisotopic (exact) mass is 284 g/mol. The van der Waals surface area contributed by atoms with Crippen LogP contribution in [-0.4, -0.2) is 17.9 Å². The van der Waals surface area contributed by atoms with Crippen molar-refractivity contribution in [2.24, 2.45) is 0 Å². The fourth-order valence-electron chi connectivity index (χ4n) is 4.59. The Morgan fingerprint density at radius 1 is 1.00 bits per heavy atom. The van der Waals surface area contributed by atoms with E-state index in [1.165, 1.54) is 47.8 Å². The third kappa shape index (κ3) is 2.03. The van der Waals surface area contributed by atoms with Crippen molar-refractivity contribution in [2.45, 2.75) is 55.8 Å². The van der Waals surface area contributed by atoms with Crippen molar-refractivity contribution < 1.29 is 5.11 Å². The molecule has 0 spiro atoms. The molecule has 0 amide bonds. The molecule has 2 bridgehead atoms. The Kier molecular flexibility index (Phi) is 2.97. The van der Waals surface area contributed by atoms with Crippen LogP contribution >= 0.6 is 11.3 Å². The molecule has 2 saturated heterocycles. The van der Waals surface area contributed by atoms with Crippen LogP contribution in [-0.2, 0) is 5.31 Å². The summed E-state index contributed by atoms with van der Waals surface area (Å²) in [4.78, 5) is 0. The van der Waals surface area contributed by atoms with E-state index in [2.05, 4.69) is 29.6 Å². The summed E-state index contributed by atoms with van der Waals surface area (Å²) in [6.07, 6.45) is 8.17. The zero-order chi connectivity index (χ0) is 13.6. The van der Waals surface area contributed by atoms with Gasteiger partial charge in [-0.05, 0) is 46.6 Å². The minimum Gasteiger partial charge on any atom is -0.399 e. The van der Waals surface area contributed by atoms with Gasteiger partial charge in [0.25, 0.3) is 0 Å². The molecule has 0 radical (unpaired) electrons. The lowest BCUT2D eigenvalue weighted by molar-refractivity contribution is 0.0894. The van der Waals surface area contributed by atoms with Gasteiger partial charge in [-0.25, -0.2) is 0 Å². The van der Waals surface area contributed by atoms with Crippen molar-refractivity contribution in [1.29, 1.82) is 0 Å². The maximum absolute atomic E-state index is 10.9. The van der Waals surface area contributed by atoms with E-state index < -0.39 is 5.50 Å². The lowest BCUT2D eigenvalue weighted by Crippen LogP contribution is -2.51. The summed E-state index contributed by atoms with van der Waals surface area (Å²) in [5.41, 5.74) is 1.08. The van der Waals surface area contributed by atoms with Crippen molar-refractivity contribution >= 4 is 28.7 Å². The number of hydrogen-bond acceptors (Lipinski definition) is 2. The molecule has 1 nitrogen and oxygen atoms in total. The third-order valence-electron chi connectivity index (χ3n) is 5.58. The van der Waals surface area contributed by atoms with Crippen molar-refractivity contribution in [2.75, 3.05) is 0 Å². The fourth-order valence-corrected chi connectivity index (χ4v) is 5.36. The van der Waals surface area contributed by atoms with E-state index in [0.717, 1.165) is 20.1 Å². The van der Waals surface area contributed by atoms with E-state index >= 15 is 0 Å². The van der Waals surface area contributed by atoms with Gasteiger partial charge in [0.15, 0.2) is 7.28 Å². The molecule has 2 aliphatic heterocycles. The van der Waals surface area contributed by atoms with Gasteiger partial charge in [-0.2, -0.15) is 0 Å². The van der Waals surface area contributed by atoms with E-state index in [-0.39, 0.29) is 5.31 Å². The van der Waals surface area contributed by atoms with Crippen molar-refractivity contribution in [3.8, 4) is 0 Å². The highest BCUT2D eigenvalue weighted by atomic mass is 32.1. The van der Waals surface area contributed by atoms with Crippen LogP contribution in [0.15, 0.2) is 29.6 Å². The van der Waals surface area contributed by atoms with Gasteiger partial charge in [-0.1, -0.05) is 44.2 Å². The zero-order valence-electron chi connectivity index (χ0n) is 11.9. The van der Waals surface area contributed by atoms with Crippen LogP contribution in [0.3, 0.4) is 0 Å². The second-order valence-electron chi connectivity index (χ2n) is 6.92. The quantitative estimate of drug-likeness (QED) is 0.785. The molecular formula is C17H21BOS. The number of benzene rings is 1. The van der Waals surface area contributed by atoms with Crippen LogP contribution in [0.2, 0.25) is 0 Å². The van der Waals surface area contributed by atoms with E-state index in [0.29, 0.717) is 0 Å². The summed E-state index contributed by atoms with van der Waals surface area (Å²) in [6, 6.07) is 9.23. The predicted molar refractivity (Wildman–Crippen MR) is 87.9 cm³/mol.